The van der Waals surface area contributed by atoms with Gasteiger partial charge in [0, 0.05) is 13.1 Å². The van der Waals surface area contributed by atoms with Crippen LogP contribution in [0.3, 0.4) is 0 Å². The number of hydrogen-bond acceptors (Lipinski definition) is 2. The Morgan fingerprint density at radius 2 is 1.88 bits per heavy atom. The van der Waals surface area contributed by atoms with Crippen LogP contribution in [0.25, 0.3) is 0 Å². The number of likely N-dealkylation sites (tertiary alicyclic amines) is 1. The molecule has 0 aromatic rings. The second-order valence-corrected chi connectivity index (χ2v) is 5.69. The van der Waals surface area contributed by atoms with Gasteiger partial charge < -0.3 is 9.80 Å². The summed E-state index contributed by atoms with van der Waals surface area (Å²) in [6.45, 7) is 7.04. The fourth-order valence-corrected chi connectivity index (χ4v) is 2.46. The molecule has 3 nitrogen and oxygen atoms in total. The Bertz CT molecular complexity index is 218. The van der Waals surface area contributed by atoms with Crippen molar-refractivity contribution in [1.29, 1.82) is 0 Å². The molecule has 0 aromatic carbocycles. The Balaban J connectivity index is 2.28. The van der Waals surface area contributed by atoms with Crippen LogP contribution in [0.4, 0.5) is 0 Å². The molecule has 0 unspecified atom stereocenters. The van der Waals surface area contributed by atoms with Crippen molar-refractivity contribution in [2.75, 3.05) is 33.7 Å². The lowest BCUT2D eigenvalue weighted by Gasteiger charge is -2.33. The van der Waals surface area contributed by atoms with E-state index in [0.29, 0.717) is 6.54 Å². The maximum absolute atomic E-state index is 11.8. The number of piperidine rings is 1. The SMILES string of the molecule is CC(C)CC1CCN(C(=O)CN(C)C)CC1. The van der Waals surface area contributed by atoms with Crippen LogP contribution in [-0.2, 0) is 4.79 Å². The maximum Gasteiger partial charge on any atom is 0.236 e. The first-order valence-electron chi connectivity index (χ1n) is 6.41. The Morgan fingerprint density at radius 1 is 1.31 bits per heavy atom. The molecule has 0 spiro atoms. The normalized spacial score (nSPS) is 18.5. The van der Waals surface area contributed by atoms with Crippen molar-refractivity contribution in [3.8, 4) is 0 Å². The third kappa shape index (κ3) is 4.52. The summed E-state index contributed by atoms with van der Waals surface area (Å²) in [5.74, 6) is 1.91. The molecule has 0 saturated carbocycles. The van der Waals surface area contributed by atoms with E-state index in [9.17, 15) is 4.79 Å². The van der Waals surface area contributed by atoms with Crippen LogP contribution in [0.5, 0.6) is 0 Å². The van der Waals surface area contributed by atoms with Crippen molar-refractivity contribution in [3.63, 3.8) is 0 Å². The zero-order chi connectivity index (χ0) is 12.1. The molecule has 3 heteroatoms. The molecule has 0 N–H and O–H groups in total. The summed E-state index contributed by atoms with van der Waals surface area (Å²) < 4.78 is 0. The lowest BCUT2D eigenvalue weighted by Crippen LogP contribution is -2.42. The number of rotatable bonds is 4. The highest BCUT2D eigenvalue weighted by atomic mass is 16.2. The molecule has 1 heterocycles. The predicted molar refractivity (Wildman–Crippen MR) is 67.3 cm³/mol. The van der Waals surface area contributed by atoms with Gasteiger partial charge in [0.1, 0.15) is 0 Å². The van der Waals surface area contributed by atoms with E-state index in [1.54, 1.807) is 0 Å². The maximum atomic E-state index is 11.8. The fraction of sp³-hybridized carbons (Fsp3) is 0.923. The lowest BCUT2D eigenvalue weighted by atomic mass is 9.88. The van der Waals surface area contributed by atoms with Crippen molar-refractivity contribution in [2.45, 2.75) is 33.1 Å². The topological polar surface area (TPSA) is 23.6 Å². The number of carbonyl (C=O) groups is 1. The van der Waals surface area contributed by atoms with Gasteiger partial charge in [-0.3, -0.25) is 4.79 Å². The van der Waals surface area contributed by atoms with E-state index in [-0.39, 0.29) is 5.91 Å². The highest BCUT2D eigenvalue weighted by molar-refractivity contribution is 5.78. The van der Waals surface area contributed by atoms with Crippen molar-refractivity contribution in [3.05, 3.63) is 0 Å². The van der Waals surface area contributed by atoms with Crippen molar-refractivity contribution >= 4 is 5.91 Å². The van der Waals surface area contributed by atoms with Gasteiger partial charge in [0.05, 0.1) is 6.54 Å². The monoisotopic (exact) mass is 226 g/mol. The second-order valence-electron chi connectivity index (χ2n) is 5.69. The van der Waals surface area contributed by atoms with Crippen molar-refractivity contribution in [1.82, 2.24) is 9.80 Å². The van der Waals surface area contributed by atoms with Gasteiger partial charge in [-0.2, -0.15) is 0 Å². The van der Waals surface area contributed by atoms with Gasteiger partial charge in [-0.05, 0) is 45.2 Å². The molecule has 16 heavy (non-hydrogen) atoms. The molecule has 0 bridgehead atoms. The van der Waals surface area contributed by atoms with Gasteiger partial charge in [-0.1, -0.05) is 13.8 Å². The molecule has 0 atom stereocenters. The van der Waals surface area contributed by atoms with Crippen LogP contribution in [-0.4, -0.2) is 49.4 Å². The van der Waals surface area contributed by atoms with E-state index in [4.69, 9.17) is 0 Å². The van der Waals surface area contributed by atoms with E-state index >= 15 is 0 Å². The molecule has 1 aliphatic rings. The average Bonchev–Trinajstić information content (AvgIpc) is 2.16. The summed E-state index contributed by atoms with van der Waals surface area (Å²) in [4.78, 5) is 15.8. The third-order valence-corrected chi connectivity index (χ3v) is 3.22. The molecule has 1 saturated heterocycles. The Hall–Kier alpha value is -0.570. The van der Waals surface area contributed by atoms with E-state index in [1.165, 1.54) is 19.3 Å². The Kier molecular flexibility index (Phi) is 5.26. The number of nitrogens with zero attached hydrogens (tertiary/aromatic N) is 2. The minimum Gasteiger partial charge on any atom is -0.342 e. The first-order valence-corrected chi connectivity index (χ1v) is 6.41. The predicted octanol–water partition coefficient (Wildman–Crippen LogP) is 1.83. The summed E-state index contributed by atoms with van der Waals surface area (Å²) >= 11 is 0. The average molecular weight is 226 g/mol. The fourth-order valence-electron chi connectivity index (χ4n) is 2.46. The zero-order valence-corrected chi connectivity index (χ0v) is 11.2. The van der Waals surface area contributed by atoms with E-state index in [0.717, 1.165) is 24.9 Å². The van der Waals surface area contributed by atoms with E-state index < -0.39 is 0 Å². The quantitative estimate of drug-likeness (QED) is 0.730. The Labute approximate surface area is 99.8 Å². The summed E-state index contributed by atoms with van der Waals surface area (Å²) in [6, 6.07) is 0. The molecule has 94 valence electrons. The molecule has 0 aliphatic carbocycles. The van der Waals surface area contributed by atoms with Gasteiger partial charge in [0.15, 0.2) is 0 Å². The number of carbonyl (C=O) groups excluding carboxylic acids is 1. The molecular weight excluding hydrogens is 200 g/mol. The third-order valence-electron chi connectivity index (χ3n) is 3.22. The van der Waals surface area contributed by atoms with Gasteiger partial charge in [-0.15, -0.1) is 0 Å². The summed E-state index contributed by atoms with van der Waals surface area (Å²) in [5, 5.41) is 0. The molecular formula is C13H26N2O. The van der Waals surface area contributed by atoms with Crippen LogP contribution in [0.1, 0.15) is 33.1 Å². The molecule has 0 radical (unpaired) electrons. The van der Waals surface area contributed by atoms with Crippen molar-refractivity contribution in [2.24, 2.45) is 11.8 Å². The van der Waals surface area contributed by atoms with Crippen LogP contribution < -0.4 is 0 Å². The molecule has 0 aromatic heterocycles. The summed E-state index contributed by atoms with van der Waals surface area (Å²) in [6.07, 6.45) is 3.70. The smallest absolute Gasteiger partial charge is 0.236 e. The van der Waals surface area contributed by atoms with Gasteiger partial charge >= 0.3 is 0 Å². The highest BCUT2D eigenvalue weighted by Gasteiger charge is 2.23. The van der Waals surface area contributed by atoms with Crippen LogP contribution in [0, 0.1) is 11.8 Å². The van der Waals surface area contributed by atoms with Crippen molar-refractivity contribution < 1.29 is 4.79 Å². The molecule has 1 rings (SSSR count). The summed E-state index contributed by atoms with van der Waals surface area (Å²) in [5.41, 5.74) is 0. The van der Waals surface area contributed by atoms with E-state index in [1.807, 2.05) is 23.9 Å². The lowest BCUT2D eigenvalue weighted by molar-refractivity contribution is -0.133. The van der Waals surface area contributed by atoms with Crippen LogP contribution in [0.2, 0.25) is 0 Å². The number of likely N-dealkylation sites (N-methyl/N-ethyl adjacent to an activating group) is 1. The zero-order valence-electron chi connectivity index (χ0n) is 11.2. The van der Waals surface area contributed by atoms with Gasteiger partial charge in [0.25, 0.3) is 0 Å². The minimum atomic E-state index is 0.285. The largest absolute Gasteiger partial charge is 0.342 e. The Morgan fingerprint density at radius 3 is 2.31 bits per heavy atom. The highest BCUT2D eigenvalue weighted by Crippen LogP contribution is 2.23. The molecule has 1 amide bonds. The second kappa shape index (κ2) is 6.24. The van der Waals surface area contributed by atoms with Crippen LogP contribution in [0.15, 0.2) is 0 Å². The minimum absolute atomic E-state index is 0.285. The standard InChI is InChI=1S/C13H26N2O/c1-11(2)9-12-5-7-15(8-6-12)13(16)10-14(3)4/h11-12H,5-10H2,1-4H3. The number of hydrogen-bond donors (Lipinski definition) is 0. The summed E-state index contributed by atoms with van der Waals surface area (Å²) in [7, 11) is 3.90. The molecule has 1 fully saturated rings. The van der Waals surface area contributed by atoms with Gasteiger partial charge in [-0.25, -0.2) is 0 Å². The van der Waals surface area contributed by atoms with Gasteiger partial charge in [0.2, 0.25) is 5.91 Å². The first-order chi connectivity index (χ1) is 7.49. The first kappa shape index (κ1) is 13.5. The number of amides is 1. The van der Waals surface area contributed by atoms with Crippen LogP contribution >= 0.6 is 0 Å². The molecule has 1 aliphatic heterocycles. The van der Waals surface area contributed by atoms with E-state index in [2.05, 4.69) is 13.8 Å².